The zero-order valence-electron chi connectivity index (χ0n) is 13.2. The van der Waals surface area contributed by atoms with Crippen LogP contribution in [0.3, 0.4) is 0 Å². The van der Waals surface area contributed by atoms with E-state index in [1.165, 1.54) is 51.6 Å². The molecule has 0 spiro atoms. The summed E-state index contributed by atoms with van der Waals surface area (Å²) in [5.74, 6) is 0. The normalized spacial score (nSPS) is 27.9. The number of aliphatic hydroxyl groups excluding tert-OH is 1. The highest BCUT2D eigenvalue weighted by Crippen LogP contribution is 2.31. The van der Waals surface area contributed by atoms with Gasteiger partial charge in [-0.05, 0) is 58.7 Å². The molecule has 0 aromatic carbocycles. The lowest BCUT2D eigenvalue weighted by atomic mass is 9.79. The molecule has 0 aromatic rings. The SMILES string of the molecule is CCCCN(CCCC)C1CCCC(CO)(NC)C1. The van der Waals surface area contributed by atoms with E-state index in [-0.39, 0.29) is 12.1 Å². The highest BCUT2D eigenvalue weighted by Gasteiger charge is 2.36. The lowest BCUT2D eigenvalue weighted by molar-refractivity contribution is 0.0621. The molecule has 3 nitrogen and oxygen atoms in total. The van der Waals surface area contributed by atoms with Crippen molar-refractivity contribution in [1.29, 1.82) is 0 Å². The number of likely N-dealkylation sites (N-methyl/N-ethyl adjacent to an activating group) is 1. The fourth-order valence-electron chi connectivity index (χ4n) is 3.29. The van der Waals surface area contributed by atoms with Gasteiger partial charge in [0.25, 0.3) is 0 Å². The lowest BCUT2D eigenvalue weighted by Crippen LogP contribution is -2.54. The van der Waals surface area contributed by atoms with Gasteiger partial charge in [-0.2, -0.15) is 0 Å². The molecular weight excluding hydrogens is 236 g/mol. The third-order valence-electron chi connectivity index (χ3n) is 4.77. The number of hydrogen-bond donors (Lipinski definition) is 2. The first-order valence-corrected chi connectivity index (χ1v) is 8.25. The Labute approximate surface area is 119 Å². The maximum atomic E-state index is 9.71. The van der Waals surface area contributed by atoms with Crippen LogP contribution >= 0.6 is 0 Å². The molecule has 1 aliphatic rings. The maximum absolute atomic E-state index is 9.71. The van der Waals surface area contributed by atoms with Crippen LogP contribution in [0.25, 0.3) is 0 Å². The highest BCUT2D eigenvalue weighted by molar-refractivity contribution is 4.95. The van der Waals surface area contributed by atoms with E-state index >= 15 is 0 Å². The quantitative estimate of drug-likeness (QED) is 0.676. The molecule has 1 rings (SSSR count). The van der Waals surface area contributed by atoms with Crippen LogP contribution in [0.5, 0.6) is 0 Å². The minimum absolute atomic E-state index is 0.0282. The van der Waals surface area contributed by atoms with Crippen molar-refractivity contribution in [2.45, 2.75) is 76.8 Å². The second kappa shape index (κ2) is 8.93. The van der Waals surface area contributed by atoms with Crippen molar-refractivity contribution < 1.29 is 5.11 Å². The Balaban J connectivity index is 2.60. The minimum atomic E-state index is -0.0282. The molecule has 1 fully saturated rings. The summed E-state index contributed by atoms with van der Waals surface area (Å²) >= 11 is 0. The van der Waals surface area contributed by atoms with E-state index in [0.717, 1.165) is 12.8 Å². The van der Waals surface area contributed by atoms with E-state index < -0.39 is 0 Å². The number of rotatable bonds is 9. The van der Waals surface area contributed by atoms with E-state index in [1.54, 1.807) is 0 Å². The van der Waals surface area contributed by atoms with Crippen molar-refractivity contribution in [3.8, 4) is 0 Å². The van der Waals surface area contributed by atoms with Gasteiger partial charge in [-0.3, -0.25) is 0 Å². The number of unbranched alkanes of at least 4 members (excludes halogenated alkanes) is 2. The molecule has 0 bridgehead atoms. The summed E-state index contributed by atoms with van der Waals surface area (Å²) < 4.78 is 0. The van der Waals surface area contributed by atoms with Crippen molar-refractivity contribution in [2.75, 3.05) is 26.7 Å². The Hall–Kier alpha value is -0.120. The van der Waals surface area contributed by atoms with Crippen molar-refractivity contribution >= 4 is 0 Å². The van der Waals surface area contributed by atoms with Crippen molar-refractivity contribution in [3.05, 3.63) is 0 Å². The van der Waals surface area contributed by atoms with Gasteiger partial charge in [-0.25, -0.2) is 0 Å². The largest absolute Gasteiger partial charge is 0.394 e. The zero-order valence-corrected chi connectivity index (χ0v) is 13.2. The molecule has 114 valence electrons. The van der Waals surface area contributed by atoms with Gasteiger partial charge < -0.3 is 15.3 Å². The van der Waals surface area contributed by atoms with E-state index in [0.29, 0.717) is 6.04 Å². The number of nitrogens with one attached hydrogen (secondary N) is 1. The van der Waals surface area contributed by atoms with Crippen LogP contribution in [-0.2, 0) is 0 Å². The Morgan fingerprint density at radius 3 is 2.32 bits per heavy atom. The highest BCUT2D eigenvalue weighted by atomic mass is 16.3. The Morgan fingerprint density at radius 1 is 1.21 bits per heavy atom. The maximum Gasteiger partial charge on any atom is 0.0613 e. The number of nitrogens with zero attached hydrogens (tertiary/aromatic N) is 1. The molecule has 0 radical (unpaired) electrons. The molecule has 3 heteroatoms. The second-order valence-corrected chi connectivity index (χ2v) is 6.18. The van der Waals surface area contributed by atoms with Gasteiger partial charge in [0.1, 0.15) is 0 Å². The lowest BCUT2D eigenvalue weighted by Gasteiger charge is -2.44. The summed E-state index contributed by atoms with van der Waals surface area (Å²) in [5, 5.41) is 13.1. The molecule has 1 saturated carbocycles. The first-order valence-electron chi connectivity index (χ1n) is 8.25. The summed E-state index contributed by atoms with van der Waals surface area (Å²) in [6.45, 7) is 7.27. The van der Waals surface area contributed by atoms with Crippen LogP contribution < -0.4 is 5.32 Å². The van der Waals surface area contributed by atoms with Crippen LogP contribution in [0.2, 0.25) is 0 Å². The summed E-state index contributed by atoms with van der Waals surface area (Å²) in [6, 6.07) is 0.659. The van der Waals surface area contributed by atoms with E-state index in [4.69, 9.17) is 0 Å². The summed E-state index contributed by atoms with van der Waals surface area (Å²) in [5.41, 5.74) is -0.0282. The first-order chi connectivity index (χ1) is 9.21. The van der Waals surface area contributed by atoms with Crippen molar-refractivity contribution in [3.63, 3.8) is 0 Å². The molecule has 0 amide bonds. The topological polar surface area (TPSA) is 35.5 Å². The minimum Gasteiger partial charge on any atom is -0.394 e. The van der Waals surface area contributed by atoms with E-state index in [1.807, 2.05) is 7.05 Å². The standard InChI is InChI=1S/C16H34N2O/c1-4-6-11-18(12-7-5-2)15-9-8-10-16(13-15,14-19)17-3/h15,17,19H,4-14H2,1-3H3. The fourth-order valence-corrected chi connectivity index (χ4v) is 3.29. The Kier molecular flexibility index (Phi) is 7.96. The van der Waals surface area contributed by atoms with Crippen LogP contribution in [0.1, 0.15) is 65.2 Å². The summed E-state index contributed by atoms with van der Waals surface area (Å²) in [7, 11) is 2.00. The van der Waals surface area contributed by atoms with E-state index in [9.17, 15) is 5.11 Å². The molecule has 0 heterocycles. The van der Waals surface area contributed by atoms with Gasteiger partial charge in [0.15, 0.2) is 0 Å². The second-order valence-electron chi connectivity index (χ2n) is 6.18. The van der Waals surface area contributed by atoms with Gasteiger partial charge in [0, 0.05) is 11.6 Å². The molecule has 2 N–H and O–H groups in total. The van der Waals surface area contributed by atoms with Gasteiger partial charge in [-0.1, -0.05) is 26.7 Å². The summed E-state index contributed by atoms with van der Waals surface area (Å²) in [4.78, 5) is 2.69. The van der Waals surface area contributed by atoms with Gasteiger partial charge in [0.2, 0.25) is 0 Å². The van der Waals surface area contributed by atoms with Gasteiger partial charge in [-0.15, -0.1) is 0 Å². The Morgan fingerprint density at radius 2 is 1.84 bits per heavy atom. The average Bonchev–Trinajstić information content (AvgIpc) is 2.47. The molecule has 1 aliphatic carbocycles. The molecule has 0 aliphatic heterocycles. The zero-order chi connectivity index (χ0) is 14.1. The molecule has 2 atom stereocenters. The number of hydrogen-bond acceptors (Lipinski definition) is 3. The van der Waals surface area contributed by atoms with Crippen molar-refractivity contribution in [2.24, 2.45) is 0 Å². The van der Waals surface area contributed by atoms with Crippen LogP contribution in [0, 0.1) is 0 Å². The van der Waals surface area contributed by atoms with Gasteiger partial charge >= 0.3 is 0 Å². The molecule has 2 unspecified atom stereocenters. The summed E-state index contributed by atoms with van der Waals surface area (Å²) in [6.07, 6.45) is 9.90. The predicted molar refractivity (Wildman–Crippen MR) is 82.5 cm³/mol. The third kappa shape index (κ3) is 5.05. The Bertz CT molecular complexity index is 221. The molecule has 0 saturated heterocycles. The van der Waals surface area contributed by atoms with Crippen LogP contribution in [0.15, 0.2) is 0 Å². The van der Waals surface area contributed by atoms with E-state index in [2.05, 4.69) is 24.1 Å². The molecule has 19 heavy (non-hydrogen) atoms. The van der Waals surface area contributed by atoms with Gasteiger partial charge in [0.05, 0.1) is 6.61 Å². The smallest absolute Gasteiger partial charge is 0.0613 e. The van der Waals surface area contributed by atoms with Crippen LogP contribution in [0.4, 0.5) is 0 Å². The number of aliphatic hydroxyl groups is 1. The average molecular weight is 270 g/mol. The monoisotopic (exact) mass is 270 g/mol. The first kappa shape index (κ1) is 16.9. The van der Waals surface area contributed by atoms with Crippen molar-refractivity contribution in [1.82, 2.24) is 10.2 Å². The molecular formula is C16H34N2O. The van der Waals surface area contributed by atoms with Crippen LogP contribution in [-0.4, -0.2) is 48.3 Å². The third-order valence-corrected chi connectivity index (χ3v) is 4.77. The fraction of sp³-hybridized carbons (Fsp3) is 1.00. The predicted octanol–water partition coefficient (Wildman–Crippen LogP) is 2.78. The molecule has 0 aromatic heterocycles.